The van der Waals surface area contributed by atoms with Gasteiger partial charge in [-0.3, -0.25) is 71.5 Å². The van der Waals surface area contributed by atoms with E-state index in [9.17, 15) is 77.8 Å². The fourth-order valence-electron chi connectivity index (χ4n) is 9.66. The van der Waals surface area contributed by atoms with Crippen molar-refractivity contribution in [2.24, 2.45) is 23.7 Å². The summed E-state index contributed by atoms with van der Waals surface area (Å²) >= 11 is 63.0. The normalized spacial score (nSPS) is 11.0. The first-order valence-electron chi connectivity index (χ1n) is 40.9. The molecule has 0 unspecified atom stereocenters. The molecular weight excluding hydrogens is 2160 g/mol. The molecule has 1 aliphatic heterocycles. The number of carbonyl (C=O) groups excluding carboxylic acids is 12. The number of nitrogens with one attached hydrogen (secondary N) is 5. The summed E-state index contributed by atoms with van der Waals surface area (Å²) in [5, 5.41) is 27.8. The van der Waals surface area contributed by atoms with Crippen LogP contribution in [0.2, 0.25) is 5.15 Å². The quantitative estimate of drug-likeness (QED) is 0.00333. The molecule has 11 rings (SSSR count). The second-order valence-corrected chi connectivity index (χ2v) is 36.7. The molecule has 63 heteroatoms. The first kappa shape index (κ1) is 130. The number of nitrogens with zero attached hydrogens (tertiary/aromatic N) is 20. The number of aldehydes is 2. The largest absolute Gasteiger partial charge is 0.496 e. The number of methoxy groups -OCH3 is 7. The van der Waals surface area contributed by atoms with Crippen molar-refractivity contribution in [1.29, 1.82) is 0 Å². The SMILES string of the molecule is CC(C)C(=O)Cl.CC(C)C(=O)Nc1cnc(C=O)[nH]1.CCOC(=O)c1nc(NC(=O)C(C)C)cn1COC.CCOC(=O)c1nc([N+](=O)[O-])cn1COC.COCn1cc(NC(=O)C(C)C)nc1C=O.COCn1cc([N+](=O)[O-])nc1C(=O)C(Cl)(Cl)Cl.COCn1ccnc1.COCn1ccnc1C(=O)C(Cl)(Cl)Cl.COc1c(C)cnc(CN2C(=O)Cc3c(Cl)nc(N)nc32)c1C.O=C(Cl)C(Cl)(Cl)Cl.c1c[nH]cn1. The Hall–Kier alpha value is -11.6. The topological polar surface area (TPSA) is 642 Å². The summed E-state index contributed by atoms with van der Waals surface area (Å²) < 4.78 is 46.4. The Morgan fingerprint density at radius 3 is 1.42 bits per heavy atom. The summed E-state index contributed by atoms with van der Waals surface area (Å²) in [6.07, 6.45) is 23.1. The highest BCUT2D eigenvalue weighted by Crippen LogP contribution is 2.36. The average Bonchev–Trinajstić information content (AvgIpc) is 1.61. The number of nitro groups is 2. The first-order chi connectivity index (χ1) is 67.5. The lowest BCUT2D eigenvalue weighted by Crippen LogP contribution is -2.28. The standard InChI is InChI=1S/C15H16ClN5O2.C12H19N3O4.C10H15N3O3.C8H11N3O5.C8H11N3O2.C7H6Cl3N3O4.C7H7Cl3N2O2.C5H8N2O.C4H7ClO.C3H4N2.C2Cl4O/c1-7-5-18-10(8(2)12(7)23-3)6-21-11(22)4-9-13(16)19-15(17)20-14(9)21;1-5-19-12(17)10-13-9(6-15(10)7-18-4)14-11(16)8(2)3;1-7(2)10(15)12-8-4-13(6-16-3)9(5-14)11-8;1-3-16-8(12)7-9-6(11(13)14)4-10(7)5-15-2;1-5(2)8(13)11-6-3-9-7(4-12)10-6;1-17-3-12-2-4(13(15)16)11-6(12)5(14)7(8,9)10;1-14-4-12-3-2-11-6(12)5(13)7(8,9)10;1-8-5-7-3-2-6-4-7;1-3(2)4(5)6;1-2-5-3-4-1;3-1(7)2(4,5)6/h5H,4,6H2,1-3H3,(H2,17,19,20);6,8H,5,7H2,1-4H3,(H,14,16);4-5,7H,6H2,1-3H3,(H,12,15);4H,3,5H2,1-2H3;3-5H,1-2H3,(H,9,10)(H,11,13);2H,3H2,1H3;2-3H,4H2,1H3;2-4H,5H2,1H3;3H,1-2H3;1-3H,(H,4,5);. The number of anilines is 5. The van der Waals surface area contributed by atoms with Gasteiger partial charge in [-0.05, 0) is 70.7 Å². The number of hydrogen-bond donors (Lipinski definition) is 6. The number of aryl methyl sites for hydroxylation is 1. The number of imidazole rings is 8. The number of hydrogen-bond acceptors (Lipinski definition) is 37. The molecule has 0 fully saturated rings. The van der Waals surface area contributed by atoms with E-state index in [1.54, 1.807) is 133 Å². The number of amides is 4. The van der Waals surface area contributed by atoms with E-state index < -0.39 is 61.6 Å². The summed E-state index contributed by atoms with van der Waals surface area (Å²) in [7, 11) is 10.5. The number of nitrogens with two attached hydrogens (primary N) is 1. The molecule has 0 saturated heterocycles. The van der Waals surface area contributed by atoms with Gasteiger partial charge in [-0.15, -0.1) is 0 Å². The van der Waals surface area contributed by atoms with Gasteiger partial charge in [0.15, 0.2) is 41.7 Å². The summed E-state index contributed by atoms with van der Waals surface area (Å²) in [5.74, 6) is -2.33. The zero-order valence-electron chi connectivity index (χ0n) is 80.4. The summed E-state index contributed by atoms with van der Waals surface area (Å²) in [6.45, 7) is 23.1. The van der Waals surface area contributed by atoms with Crippen molar-refractivity contribution in [2.45, 2.75) is 148 Å². The molecule has 51 nitrogen and oxygen atoms in total. The van der Waals surface area contributed by atoms with Crippen molar-refractivity contribution < 1.29 is 110 Å². The fraction of sp³-hybridized carbons (Fsp3) is 0.444. The van der Waals surface area contributed by atoms with E-state index in [4.69, 9.17) is 188 Å². The molecular formula is C81H104Cl12N26O25. The Kier molecular flexibility index (Phi) is 60.1. The Labute approximate surface area is 883 Å². The van der Waals surface area contributed by atoms with Crippen LogP contribution in [0.15, 0.2) is 87.0 Å². The Morgan fingerprint density at radius 2 is 1.01 bits per heavy atom. The third-order valence-electron chi connectivity index (χ3n) is 16.3. The molecule has 10 aromatic heterocycles. The van der Waals surface area contributed by atoms with Crippen molar-refractivity contribution in [3.8, 4) is 5.75 Å². The maximum atomic E-state index is 12.3. The highest BCUT2D eigenvalue weighted by Gasteiger charge is 2.40. The molecule has 0 bridgehead atoms. The van der Waals surface area contributed by atoms with Gasteiger partial charge in [0.2, 0.25) is 46.4 Å². The minimum atomic E-state index is -2.23. The molecule has 7 N–H and O–H groups in total. The highest BCUT2D eigenvalue weighted by molar-refractivity contribution is 6.88. The van der Waals surface area contributed by atoms with Crippen LogP contribution in [-0.4, -0.2) is 247 Å². The van der Waals surface area contributed by atoms with Crippen molar-refractivity contribution in [3.63, 3.8) is 0 Å². The maximum Gasteiger partial charge on any atom is 0.401 e. The van der Waals surface area contributed by atoms with Crippen LogP contribution in [0.1, 0.15) is 155 Å². The number of ether oxygens (including phenoxy) is 9. The minimum absolute atomic E-state index is 0.00497. The first-order valence-corrected chi connectivity index (χ1v) is 45.4. The number of ketones is 2. The van der Waals surface area contributed by atoms with Crippen molar-refractivity contribution in [1.82, 2.24) is 92.2 Å². The number of H-pyrrole nitrogens is 2. The zero-order chi connectivity index (χ0) is 110. The third-order valence-corrected chi connectivity index (χ3v) is 19.2. The molecule has 0 saturated carbocycles. The van der Waals surface area contributed by atoms with Gasteiger partial charge in [0, 0.05) is 126 Å². The number of pyridine rings is 1. The summed E-state index contributed by atoms with van der Waals surface area (Å²) in [4.78, 5) is 202. The van der Waals surface area contributed by atoms with Gasteiger partial charge < -0.3 is 108 Å². The van der Waals surface area contributed by atoms with Gasteiger partial charge in [-0.2, -0.15) is 4.98 Å². The van der Waals surface area contributed by atoms with Crippen LogP contribution in [-0.2, 0) is 120 Å². The van der Waals surface area contributed by atoms with Crippen molar-refractivity contribution >= 4 is 250 Å². The number of fused-ring (bicyclic) bond motifs is 1. The average molecular weight is 2270 g/mol. The smallest absolute Gasteiger partial charge is 0.401 e. The van der Waals surface area contributed by atoms with Gasteiger partial charge in [0.05, 0.1) is 70.2 Å². The second-order valence-electron chi connectivity index (χ2n) is 28.8. The number of alkyl halides is 9. The van der Waals surface area contributed by atoms with Gasteiger partial charge >= 0.3 is 29.4 Å². The van der Waals surface area contributed by atoms with Gasteiger partial charge in [-0.25, -0.2) is 44.5 Å². The number of aromatic nitrogens is 19. The number of rotatable bonds is 32. The zero-order valence-corrected chi connectivity index (χ0v) is 89.5. The molecule has 0 atom stereocenters. The van der Waals surface area contributed by atoms with E-state index in [1.165, 1.54) is 77.3 Å². The van der Waals surface area contributed by atoms with E-state index in [0.29, 0.717) is 48.1 Å². The van der Waals surface area contributed by atoms with Crippen molar-refractivity contribution in [3.05, 3.63) is 170 Å². The molecule has 144 heavy (non-hydrogen) atoms. The number of carbonyl (C=O) groups is 12. The molecule has 0 aliphatic carbocycles. The fourth-order valence-corrected chi connectivity index (χ4v) is 10.4. The lowest BCUT2D eigenvalue weighted by molar-refractivity contribution is -0.389. The predicted molar refractivity (Wildman–Crippen MR) is 532 cm³/mol. The predicted octanol–water partition coefficient (Wildman–Crippen LogP) is 13.8. The second kappa shape index (κ2) is 66.4. The van der Waals surface area contributed by atoms with Crippen LogP contribution < -0.4 is 31.3 Å². The van der Waals surface area contributed by atoms with E-state index in [1.807, 2.05) is 24.6 Å². The van der Waals surface area contributed by atoms with Crippen LogP contribution in [0.25, 0.3) is 0 Å². The van der Waals surface area contributed by atoms with Crippen LogP contribution >= 0.6 is 139 Å². The molecule has 4 amide bonds. The number of aromatic amines is 2. The van der Waals surface area contributed by atoms with E-state index in [-0.39, 0.29) is 158 Å². The summed E-state index contributed by atoms with van der Waals surface area (Å²) in [5.41, 5.74) is 8.82. The van der Waals surface area contributed by atoms with E-state index >= 15 is 0 Å². The van der Waals surface area contributed by atoms with Crippen LogP contribution in [0.4, 0.5) is 40.9 Å². The molecule has 792 valence electrons. The van der Waals surface area contributed by atoms with Crippen LogP contribution in [0, 0.1) is 57.7 Å². The van der Waals surface area contributed by atoms with E-state index in [0.717, 1.165) is 39.5 Å². The molecule has 1 aliphatic rings. The molecule has 10 aromatic rings. The summed E-state index contributed by atoms with van der Waals surface area (Å²) in [6, 6.07) is 0. The molecule has 0 spiro atoms. The Morgan fingerprint density at radius 1 is 0.549 bits per heavy atom. The van der Waals surface area contributed by atoms with Gasteiger partial charge in [-0.1, -0.05) is 171 Å². The number of esters is 2. The number of halogens is 12. The Balaban J connectivity index is 0.000000809. The molecule has 11 heterocycles. The Bertz CT molecular complexity index is 5760. The maximum absolute atomic E-state index is 12.3. The van der Waals surface area contributed by atoms with E-state index in [2.05, 4.69) is 80.7 Å². The lowest BCUT2D eigenvalue weighted by atomic mass is 10.1. The molecule has 0 aromatic carbocycles. The minimum Gasteiger partial charge on any atom is -0.496 e. The van der Waals surface area contributed by atoms with Crippen LogP contribution in [0.3, 0.4) is 0 Å². The van der Waals surface area contributed by atoms with Gasteiger partial charge in [0.1, 0.15) is 75.3 Å². The number of Topliss-reactive ketones (excluding diaryl/α,β-unsaturated/α-hetero) is 2. The highest BCUT2D eigenvalue weighted by atomic mass is 35.6. The lowest BCUT2D eigenvalue weighted by Gasteiger charge is -2.19. The van der Waals surface area contributed by atoms with Crippen LogP contribution in [0.5, 0.6) is 5.75 Å². The monoisotopic (exact) mass is 2260 g/mol. The van der Waals surface area contributed by atoms with Crippen molar-refractivity contribution in [2.75, 3.05) is 89.6 Å². The third kappa shape index (κ3) is 46.6. The number of nitrogen functional groups attached to an aromatic ring is 1. The van der Waals surface area contributed by atoms with Gasteiger partial charge in [0.25, 0.3) is 28.2 Å². The molecule has 0 radical (unpaired) electrons.